The van der Waals surface area contributed by atoms with Crippen LogP contribution >= 0.6 is 12.1 Å². The number of pyridine rings is 1. The Morgan fingerprint density at radius 1 is 1.39 bits per heavy atom. The molecule has 0 saturated carbocycles. The molecule has 1 N–H and O–H groups in total. The van der Waals surface area contributed by atoms with Crippen LogP contribution in [-0.4, -0.2) is 11.5 Å². The molecule has 0 spiro atoms. The molecule has 0 saturated heterocycles. The largest absolute Gasteiger partial charge is 0.385 e. The third-order valence-electron chi connectivity index (χ3n) is 2.59. The van der Waals surface area contributed by atoms with Gasteiger partial charge < -0.3 is 5.32 Å². The number of halogens is 1. The van der Waals surface area contributed by atoms with E-state index in [2.05, 4.69) is 23.5 Å². The van der Waals surface area contributed by atoms with Crippen molar-refractivity contribution in [3.63, 3.8) is 0 Å². The fourth-order valence-corrected chi connectivity index (χ4v) is 1.75. The molecule has 0 amide bonds. The van der Waals surface area contributed by atoms with Crippen molar-refractivity contribution in [1.29, 1.82) is 0 Å². The van der Waals surface area contributed by atoms with E-state index >= 15 is 0 Å². The SMILES string of the molecule is C=CCCCCCNC(=C)c1ccc(SF)nc1. The molecule has 1 aromatic heterocycles. The Morgan fingerprint density at radius 2 is 2.22 bits per heavy atom. The summed E-state index contributed by atoms with van der Waals surface area (Å²) in [6.07, 6.45) is 8.13. The Balaban J connectivity index is 2.25. The van der Waals surface area contributed by atoms with Crippen LogP contribution in [0.5, 0.6) is 0 Å². The number of hydrogen-bond donors (Lipinski definition) is 1. The number of nitrogens with one attached hydrogen (secondary N) is 1. The maximum atomic E-state index is 12.2. The highest BCUT2D eigenvalue weighted by Gasteiger charge is 2.00. The Kier molecular flexibility index (Phi) is 7.18. The van der Waals surface area contributed by atoms with E-state index in [1.54, 1.807) is 12.3 Å². The molecule has 0 aromatic carbocycles. The molecule has 0 unspecified atom stereocenters. The van der Waals surface area contributed by atoms with Crippen LogP contribution in [-0.2, 0) is 0 Å². The first-order valence-corrected chi connectivity index (χ1v) is 6.78. The zero-order chi connectivity index (χ0) is 13.2. The average Bonchev–Trinajstić information content (AvgIpc) is 2.42. The summed E-state index contributed by atoms with van der Waals surface area (Å²) in [5.41, 5.74) is 1.74. The smallest absolute Gasteiger partial charge is 0.129 e. The van der Waals surface area contributed by atoms with Gasteiger partial charge in [0.2, 0.25) is 0 Å². The number of unbranched alkanes of at least 4 members (excludes halogenated alkanes) is 3. The lowest BCUT2D eigenvalue weighted by atomic mass is 10.2. The van der Waals surface area contributed by atoms with Crippen molar-refractivity contribution < 1.29 is 3.89 Å². The van der Waals surface area contributed by atoms with Gasteiger partial charge in [-0.3, -0.25) is 0 Å². The molecular weight excluding hydrogens is 247 g/mol. The van der Waals surface area contributed by atoms with Gasteiger partial charge in [-0.25, -0.2) is 4.98 Å². The molecule has 2 nitrogen and oxygen atoms in total. The summed E-state index contributed by atoms with van der Waals surface area (Å²) in [5.74, 6) is 0. The van der Waals surface area contributed by atoms with E-state index in [0.29, 0.717) is 5.03 Å². The third kappa shape index (κ3) is 5.36. The average molecular weight is 266 g/mol. The fourth-order valence-electron chi connectivity index (χ4n) is 1.54. The van der Waals surface area contributed by atoms with Crippen LogP contribution in [0.15, 0.2) is 42.6 Å². The van der Waals surface area contributed by atoms with E-state index in [4.69, 9.17) is 0 Å². The van der Waals surface area contributed by atoms with Gasteiger partial charge in [-0.15, -0.1) is 6.58 Å². The standard InChI is InChI=1S/C14H19FN2S/c1-3-4-5-6-7-10-16-12(2)13-8-9-14(18-15)17-11-13/h3,8-9,11,16H,1-2,4-7,10H2. The summed E-state index contributed by atoms with van der Waals surface area (Å²) in [5, 5.41) is 3.62. The van der Waals surface area contributed by atoms with Crippen LogP contribution in [0.25, 0.3) is 5.70 Å². The monoisotopic (exact) mass is 266 g/mol. The molecular formula is C14H19FN2S. The topological polar surface area (TPSA) is 24.9 Å². The van der Waals surface area contributed by atoms with Crippen molar-refractivity contribution in [3.05, 3.63) is 43.1 Å². The fraction of sp³-hybridized carbons (Fsp3) is 0.357. The van der Waals surface area contributed by atoms with E-state index in [1.165, 1.54) is 12.8 Å². The van der Waals surface area contributed by atoms with Crippen LogP contribution < -0.4 is 5.32 Å². The number of nitrogens with zero attached hydrogens (tertiary/aromatic N) is 1. The van der Waals surface area contributed by atoms with Crippen molar-refractivity contribution in [2.75, 3.05) is 6.54 Å². The minimum atomic E-state index is 0.149. The number of aromatic nitrogens is 1. The molecule has 0 aliphatic heterocycles. The molecule has 1 heterocycles. The number of allylic oxidation sites excluding steroid dienone is 1. The molecule has 1 aromatic rings. The normalized spacial score (nSPS) is 10.1. The summed E-state index contributed by atoms with van der Waals surface area (Å²) in [4.78, 5) is 3.96. The highest BCUT2D eigenvalue weighted by atomic mass is 32.2. The summed E-state index contributed by atoms with van der Waals surface area (Å²) >= 11 is 0.149. The predicted octanol–water partition coefficient (Wildman–Crippen LogP) is 4.36. The molecule has 0 bridgehead atoms. The van der Waals surface area contributed by atoms with E-state index in [-0.39, 0.29) is 12.1 Å². The van der Waals surface area contributed by atoms with Crippen LogP contribution in [0.1, 0.15) is 31.2 Å². The van der Waals surface area contributed by atoms with Gasteiger partial charge in [0.1, 0.15) is 17.2 Å². The van der Waals surface area contributed by atoms with Gasteiger partial charge in [0.05, 0.1) is 0 Å². The van der Waals surface area contributed by atoms with Gasteiger partial charge in [-0.1, -0.05) is 19.1 Å². The first-order chi connectivity index (χ1) is 8.77. The summed E-state index contributed by atoms with van der Waals surface area (Å²) < 4.78 is 12.2. The quantitative estimate of drug-likeness (QED) is 0.531. The van der Waals surface area contributed by atoms with Crippen LogP contribution in [0.2, 0.25) is 0 Å². The lowest BCUT2D eigenvalue weighted by Gasteiger charge is -2.09. The highest BCUT2D eigenvalue weighted by Crippen LogP contribution is 2.17. The maximum absolute atomic E-state index is 12.2. The van der Waals surface area contributed by atoms with Gasteiger partial charge in [0.25, 0.3) is 0 Å². The van der Waals surface area contributed by atoms with Crippen LogP contribution in [0.4, 0.5) is 3.89 Å². The van der Waals surface area contributed by atoms with E-state index in [0.717, 1.165) is 30.6 Å². The molecule has 0 radical (unpaired) electrons. The first kappa shape index (κ1) is 14.8. The van der Waals surface area contributed by atoms with Gasteiger partial charge in [-0.2, -0.15) is 3.89 Å². The molecule has 98 valence electrons. The Bertz CT molecular complexity index is 376. The summed E-state index contributed by atoms with van der Waals surface area (Å²) in [6, 6.07) is 3.47. The Morgan fingerprint density at radius 3 is 2.83 bits per heavy atom. The lowest BCUT2D eigenvalue weighted by Crippen LogP contribution is -2.13. The van der Waals surface area contributed by atoms with Crippen molar-refractivity contribution in [1.82, 2.24) is 10.3 Å². The number of rotatable bonds is 9. The minimum Gasteiger partial charge on any atom is -0.385 e. The molecule has 0 aliphatic rings. The van der Waals surface area contributed by atoms with Crippen LogP contribution in [0, 0.1) is 0 Å². The molecule has 18 heavy (non-hydrogen) atoms. The minimum absolute atomic E-state index is 0.149. The van der Waals surface area contributed by atoms with Crippen molar-refractivity contribution in [2.45, 2.75) is 30.7 Å². The Labute approximate surface area is 113 Å². The predicted molar refractivity (Wildman–Crippen MR) is 76.9 cm³/mol. The third-order valence-corrected chi connectivity index (χ3v) is 2.99. The first-order valence-electron chi connectivity index (χ1n) is 6.06. The molecule has 4 heteroatoms. The van der Waals surface area contributed by atoms with E-state index < -0.39 is 0 Å². The van der Waals surface area contributed by atoms with Gasteiger partial charge in [-0.05, 0) is 31.4 Å². The van der Waals surface area contributed by atoms with Gasteiger partial charge >= 0.3 is 0 Å². The van der Waals surface area contributed by atoms with Crippen molar-refractivity contribution in [3.8, 4) is 0 Å². The van der Waals surface area contributed by atoms with E-state index in [1.807, 2.05) is 12.1 Å². The van der Waals surface area contributed by atoms with Gasteiger partial charge in [0.15, 0.2) is 0 Å². The molecule has 0 atom stereocenters. The number of hydrogen-bond acceptors (Lipinski definition) is 3. The zero-order valence-corrected chi connectivity index (χ0v) is 11.3. The van der Waals surface area contributed by atoms with Crippen molar-refractivity contribution in [2.24, 2.45) is 0 Å². The summed E-state index contributed by atoms with van der Waals surface area (Å²) in [7, 11) is 0. The van der Waals surface area contributed by atoms with Gasteiger partial charge in [0, 0.05) is 24.0 Å². The maximum Gasteiger partial charge on any atom is 0.129 e. The zero-order valence-electron chi connectivity index (χ0n) is 10.5. The van der Waals surface area contributed by atoms with Crippen LogP contribution in [0.3, 0.4) is 0 Å². The molecule has 0 aliphatic carbocycles. The second-order valence-corrected chi connectivity index (χ2v) is 4.58. The second-order valence-electron chi connectivity index (χ2n) is 4.01. The van der Waals surface area contributed by atoms with E-state index in [9.17, 15) is 3.89 Å². The van der Waals surface area contributed by atoms with Crippen molar-refractivity contribution >= 4 is 17.8 Å². The second kappa shape index (κ2) is 8.75. The molecule has 1 rings (SSSR count). The lowest BCUT2D eigenvalue weighted by molar-refractivity contribution is 0.666. The Hall–Kier alpha value is -1.29. The highest BCUT2D eigenvalue weighted by molar-refractivity contribution is 7.94. The molecule has 0 fully saturated rings. The summed E-state index contributed by atoms with van der Waals surface area (Å²) in [6.45, 7) is 8.54.